The number of halogens is 1. The average Bonchev–Trinajstić information content (AvgIpc) is 2.21. The van der Waals surface area contributed by atoms with E-state index in [1.807, 2.05) is 13.0 Å². The lowest BCUT2D eigenvalue weighted by molar-refractivity contribution is -0.890. The van der Waals surface area contributed by atoms with Crippen molar-refractivity contribution in [2.24, 2.45) is 16.6 Å². The fourth-order valence-electron chi connectivity index (χ4n) is 1.16. The van der Waals surface area contributed by atoms with Gasteiger partial charge in [-0.15, -0.1) is 0 Å². The van der Waals surface area contributed by atoms with Gasteiger partial charge in [0, 0.05) is 0 Å². The van der Waals surface area contributed by atoms with Crippen molar-refractivity contribution < 1.29 is 16.9 Å². The molecule has 0 radical (unpaired) electrons. The number of rotatable bonds is 6. The Morgan fingerprint density at radius 3 is 2.47 bits per heavy atom. The van der Waals surface area contributed by atoms with Gasteiger partial charge in [-0.3, -0.25) is 0 Å². The van der Waals surface area contributed by atoms with Crippen LogP contribution in [0.4, 0.5) is 0 Å². The van der Waals surface area contributed by atoms with Crippen LogP contribution >= 0.6 is 0 Å². The summed E-state index contributed by atoms with van der Waals surface area (Å²) in [5, 5.41) is 2.91. The molecule has 0 aromatic heterocycles. The Kier molecular flexibility index (Phi) is 10.2. The van der Waals surface area contributed by atoms with Crippen molar-refractivity contribution in [3.8, 4) is 0 Å². The van der Waals surface area contributed by atoms with Crippen LogP contribution in [0.15, 0.2) is 17.3 Å². The van der Waals surface area contributed by atoms with Crippen LogP contribution in [0.1, 0.15) is 27.2 Å². The third-order valence-corrected chi connectivity index (χ3v) is 2.33. The summed E-state index contributed by atoms with van der Waals surface area (Å²) in [6, 6.07) is 0. The van der Waals surface area contributed by atoms with Gasteiger partial charge in [-0.1, -0.05) is 19.9 Å². The first-order valence-electron chi connectivity index (χ1n) is 5.87. The molecule has 0 aromatic carbocycles. The maximum absolute atomic E-state index is 5.70. The fraction of sp³-hybridized carbons (Fsp3) is 0.750. The standard InChI is InChI=1S/C12H27N4.ClH/c1-6-8-14-12(13)15-10-16(4,5)9-7-11(2)3;/h6,8,11H,7,9-10H2,1-5H3,(H3,13,14,15);1H/q+1;/p-1. The van der Waals surface area contributed by atoms with Crippen molar-refractivity contribution in [1.82, 2.24) is 5.32 Å². The van der Waals surface area contributed by atoms with E-state index in [1.165, 1.54) is 6.42 Å². The third-order valence-electron chi connectivity index (χ3n) is 2.33. The molecule has 0 saturated carbocycles. The van der Waals surface area contributed by atoms with Gasteiger partial charge >= 0.3 is 0 Å². The molecule has 3 N–H and O–H groups in total. The predicted octanol–water partition coefficient (Wildman–Crippen LogP) is -1.49. The second-order valence-electron chi connectivity index (χ2n) is 5.17. The number of allylic oxidation sites excluding steroid dienone is 1. The number of hydrogen-bond donors (Lipinski definition) is 2. The molecule has 0 bridgehead atoms. The molecule has 4 nitrogen and oxygen atoms in total. The summed E-state index contributed by atoms with van der Waals surface area (Å²) in [7, 11) is 4.35. The van der Waals surface area contributed by atoms with Crippen LogP contribution in [0.25, 0.3) is 0 Å². The molecule has 5 heteroatoms. The number of nitrogens with one attached hydrogen (secondary N) is 1. The summed E-state index contributed by atoms with van der Waals surface area (Å²) in [4.78, 5) is 4.32. The first-order valence-corrected chi connectivity index (χ1v) is 5.87. The Balaban J connectivity index is 0. The summed E-state index contributed by atoms with van der Waals surface area (Å²) >= 11 is 0. The zero-order valence-electron chi connectivity index (χ0n) is 11.7. The minimum atomic E-state index is 0. The molecule has 0 aromatic rings. The lowest BCUT2D eigenvalue weighted by atomic mass is 10.1. The van der Waals surface area contributed by atoms with Crippen LogP contribution in [0.2, 0.25) is 0 Å². The molecular weight excluding hydrogens is 236 g/mol. The molecule has 0 aliphatic heterocycles. The smallest absolute Gasteiger partial charge is 0.197 e. The van der Waals surface area contributed by atoms with Crippen LogP contribution in [-0.2, 0) is 0 Å². The van der Waals surface area contributed by atoms with Crippen molar-refractivity contribution >= 4 is 5.96 Å². The molecule has 0 fully saturated rings. The molecular formula is C12H27ClN4. The van der Waals surface area contributed by atoms with Gasteiger partial charge in [-0.25, -0.2) is 0 Å². The van der Waals surface area contributed by atoms with E-state index < -0.39 is 0 Å². The Hall–Kier alpha value is -0.740. The number of nitrogens with two attached hydrogens (primary N) is 1. The zero-order valence-corrected chi connectivity index (χ0v) is 12.5. The Morgan fingerprint density at radius 1 is 1.41 bits per heavy atom. The number of hydrogen-bond acceptors (Lipinski definition) is 1. The summed E-state index contributed by atoms with van der Waals surface area (Å²) in [6.07, 6.45) is 4.89. The fourth-order valence-corrected chi connectivity index (χ4v) is 1.16. The molecule has 0 spiro atoms. The molecule has 0 amide bonds. The van der Waals surface area contributed by atoms with E-state index >= 15 is 0 Å². The lowest BCUT2D eigenvalue weighted by Crippen LogP contribution is -3.00. The first kappa shape index (κ1) is 18.6. The van der Waals surface area contributed by atoms with E-state index in [2.05, 4.69) is 38.3 Å². The van der Waals surface area contributed by atoms with Crippen molar-refractivity contribution in [1.29, 1.82) is 0 Å². The van der Waals surface area contributed by atoms with Crippen molar-refractivity contribution in [3.63, 3.8) is 0 Å². The molecule has 102 valence electrons. The Morgan fingerprint density at radius 2 is 2.00 bits per heavy atom. The molecule has 0 heterocycles. The van der Waals surface area contributed by atoms with E-state index in [4.69, 9.17) is 5.73 Å². The van der Waals surface area contributed by atoms with Crippen molar-refractivity contribution in [2.75, 3.05) is 27.3 Å². The van der Waals surface area contributed by atoms with Gasteiger partial charge in [0.2, 0.25) is 0 Å². The van der Waals surface area contributed by atoms with E-state index in [9.17, 15) is 0 Å². The number of aliphatic imine (C=N–C) groups is 1. The number of quaternary nitrogens is 1. The minimum Gasteiger partial charge on any atom is -1.00 e. The van der Waals surface area contributed by atoms with Crippen molar-refractivity contribution in [3.05, 3.63) is 12.3 Å². The van der Waals surface area contributed by atoms with Crippen LogP contribution in [0, 0.1) is 5.92 Å². The highest BCUT2D eigenvalue weighted by Gasteiger charge is 2.14. The van der Waals surface area contributed by atoms with Crippen LogP contribution in [0.3, 0.4) is 0 Å². The monoisotopic (exact) mass is 262 g/mol. The number of guanidine groups is 1. The number of nitrogens with zero attached hydrogens (tertiary/aromatic N) is 2. The molecule has 0 rings (SSSR count). The highest BCUT2D eigenvalue weighted by atomic mass is 35.5. The first-order chi connectivity index (χ1) is 7.37. The largest absolute Gasteiger partial charge is 1.00 e. The summed E-state index contributed by atoms with van der Waals surface area (Å²) in [5.74, 6) is 1.22. The van der Waals surface area contributed by atoms with Crippen molar-refractivity contribution in [2.45, 2.75) is 27.2 Å². The van der Waals surface area contributed by atoms with Gasteiger partial charge in [0.1, 0.15) is 0 Å². The van der Waals surface area contributed by atoms with Gasteiger partial charge in [-0.2, -0.15) is 4.99 Å². The SMILES string of the molecule is CC=CNC(N)=NC[N+](C)(C)CCC(C)C.[Cl-]. The maximum Gasteiger partial charge on any atom is 0.197 e. The Bertz CT molecular complexity index is 247. The van der Waals surface area contributed by atoms with Gasteiger partial charge in [0.15, 0.2) is 12.6 Å². The van der Waals surface area contributed by atoms with E-state index in [1.54, 1.807) is 6.20 Å². The maximum atomic E-state index is 5.70. The lowest BCUT2D eigenvalue weighted by Gasteiger charge is -2.28. The summed E-state index contributed by atoms with van der Waals surface area (Å²) in [6.45, 7) is 8.25. The van der Waals surface area contributed by atoms with Crippen LogP contribution in [-0.4, -0.2) is 37.8 Å². The second-order valence-corrected chi connectivity index (χ2v) is 5.17. The minimum absolute atomic E-state index is 0. The highest BCUT2D eigenvalue weighted by Crippen LogP contribution is 2.06. The quantitative estimate of drug-likeness (QED) is 0.348. The normalized spacial score (nSPS) is 12.9. The van der Waals surface area contributed by atoms with Gasteiger partial charge in [0.25, 0.3) is 0 Å². The predicted molar refractivity (Wildman–Crippen MR) is 70.9 cm³/mol. The molecule has 0 atom stereocenters. The average molecular weight is 263 g/mol. The Labute approximate surface area is 112 Å². The second kappa shape index (κ2) is 9.31. The van der Waals surface area contributed by atoms with Crippen LogP contribution in [0.5, 0.6) is 0 Å². The van der Waals surface area contributed by atoms with E-state index in [0.717, 1.165) is 16.9 Å². The molecule has 0 aliphatic carbocycles. The van der Waals surface area contributed by atoms with Gasteiger partial charge in [0.05, 0.1) is 20.6 Å². The molecule has 0 unspecified atom stereocenters. The zero-order chi connectivity index (χ0) is 12.6. The van der Waals surface area contributed by atoms with E-state index in [-0.39, 0.29) is 12.4 Å². The summed E-state index contributed by atoms with van der Waals surface area (Å²) in [5.41, 5.74) is 5.70. The van der Waals surface area contributed by atoms with Gasteiger partial charge < -0.3 is 27.9 Å². The summed E-state index contributed by atoms with van der Waals surface area (Å²) < 4.78 is 0.871. The molecule has 0 saturated heterocycles. The van der Waals surface area contributed by atoms with E-state index in [0.29, 0.717) is 12.6 Å². The molecule has 17 heavy (non-hydrogen) atoms. The van der Waals surface area contributed by atoms with Gasteiger partial charge in [-0.05, 0) is 25.5 Å². The molecule has 0 aliphatic rings. The topological polar surface area (TPSA) is 50.4 Å². The highest BCUT2D eigenvalue weighted by molar-refractivity contribution is 5.78. The third kappa shape index (κ3) is 11.5. The van der Waals surface area contributed by atoms with Crippen LogP contribution < -0.4 is 23.5 Å².